The Labute approximate surface area is 95.3 Å². The van der Waals surface area contributed by atoms with Gasteiger partial charge < -0.3 is 15.2 Å². The largest absolute Gasteiger partial charge is 0.490 e. The first-order chi connectivity index (χ1) is 7.53. The summed E-state index contributed by atoms with van der Waals surface area (Å²) in [5, 5.41) is 0. The Hall–Kier alpha value is -1.08. The second-order valence-electron chi connectivity index (χ2n) is 2.78. The number of rotatable bonds is 5. The van der Waals surface area contributed by atoms with E-state index in [1.165, 1.54) is 6.07 Å². The molecule has 3 nitrogen and oxygen atoms in total. The smallest absolute Gasteiger partial charge is 0.461 e. The van der Waals surface area contributed by atoms with Crippen LogP contribution in [0.25, 0.3) is 0 Å². The van der Waals surface area contributed by atoms with Crippen molar-refractivity contribution in [2.24, 2.45) is 5.73 Å². The molecule has 0 unspecified atom stereocenters. The minimum Gasteiger partial charge on any atom is -0.490 e. The van der Waals surface area contributed by atoms with E-state index in [4.69, 9.17) is 10.5 Å². The highest BCUT2D eigenvalue weighted by atomic mass is 32.2. The van der Waals surface area contributed by atoms with E-state index < -0.39 is 5.51 Å². The molecule has 0 atom stereocenters. The summed E-state index contributed by atoms with van der Waals surface area (Å²) in [5.41, 5.74) is 1.18. The molecule has 0 bridgehead atoms. The van der Waals surface area contributed by atoms with Crippen LogP contribution < -0.4 is 15.2 Å². The molecule has 16 heavy (non-hydrogen) atoms. The average molecular weight is 252 g/mol. The maximum absolute atomic E-state index is 12.0. The highest BCUT2D eigenvalue weighted by Crippen LogP contribution is 2.34. The van der Waals surface area contributed by atoms with Gasteiger partial charge in [-0.3, -0.25) is 0 Å². The molecule has 0 fully saturated rings. The van der Waals surface area contributed by atoms with Crippen LogP contribution in [0.15, 0.2) is 24.3 Å². The second-order valence-corrected chi connectivity index (χ2v) is 3.65. The minimum absolute atomic E-state index is 0.259. The summed E-state index contributed by atoms with van der Waals surface area (Å²) in [6, 6.07) is 6.38. The fourth-order valence-corrected chi connectivity index (χ4v) is 1.35. The van der Waals surface area contributed by atoms with Gasteiger partial charge in [-0.2, -0.15) is 13.2 Å². The Kier molecular flexibility index (Phi) is 4.75. The first-order valence-corrected chi connectivity index (χ1v) is 5.27. The SMILES string of the molecule is NCCOc1ccccc1NSC(F)(F)F. The lowest BCUT2D eigenvalue weighted by Crippen LogP contribution is -2.11. The van der Waals surface area contributed by atoms with E-state index in [-0.39, 0.29) is 24.2 Å². The maximum atomic E-state index is 12.0. The highest BCUT2D eigenvalue weighted by molar-refractivity contribution is 8.01. The average Bonchev–Trinajstić information content (AvgIpc) is 2.23. The van der Waals surface area contributed by atoms with E-state index in [0.717, 1.165) is 0 Å². The third-order valence-corrected chi connectivity index (χ3v) is 2.09. The second kappa shape index (κ2) is 5.86. The molecule has 0 aliphatic carbocycles. The molecule has 3 N–H and O–H groups in total. The summed E-state index contributed by atoms with van der Waals surface area (Å²) in [7, 11) is 0. The number of nitrogens with two attached hydrogens (primary N) is 1. The predicted octanol–water partition coefficient (Wildman–Crippen LogP) is 2.60. The molecule has 0 saturated carbocycles. The summed E-state index contributed by atoms with van der Waals surface area (Å²) in [5.74, 6) is 0.352. The molecule has 7 heteroatoms. The monoisotopic (exact) mass is 252 g/mol. The van der Waals surface area contributed by atoms with Crippen molar-refractivity contribution in [3.8, 4) is 5.75 Å². The Morgan fingerprint density at radius 1 is 1.31 bits per heavy atom. The lowest BCUT2D eigenvalue weighted by molar-refractivity contribution is -0.0323. The molecule has 1 aromatic rings. The number of hydrogen-bond donors (Lipinski definition) is 2. The van der Waals surface area contributed by atoms with Crippen molar-refractivity contribution in [2.75, 3.05) is 17.9 Å². The number of anilines is 1. The predicted molar refractivity (Wildman–Crippen MR) is 58.3 cm³/mol. The van der Waals surface area contributed by atoms with Gasteiger partial charge in [0.25, 0.3) is 0 Å². The van der Waals surface area contributed by atoms with E-state index in [2.05, 4.69) is 4.72 Å². The topological polar surface area (TPSA) is 47.3 Å². The Balaban J connectivity index is 2.63. The molecular weight excluding hydrogens is 241 g/mol. The number of benzene rings is 1. The van der Waals surface area contributed by atoms with Crippen LogP contribution in [0.5, 0.6) is 5.75 Å². The van der Waals surface area contributed by atoms with Crippen LogP contribution >= 0.6 is 11.9 Å². The summed E-state index contributed by atoms with van der Waals surface area (Å²) in [6.07, 6.45) is 0. The number of alkyl halides is 3. The van der Waals surface area contributed by atoms with Crippen LogP contribution in [-0.4, -0.2) is 18.7 Å². The molecule has 0 aliphatic heterocycles. The van der Waals surface area contributed by atoms with Gasteiger partial charge >= 0.3 is 5.51 Å². The van der Waals surface area contributed by atoms with E-state index in [1.54, 1.807) is 18.2 Å². The zero-order valence-corrected chi connectivity index (χ0v) is 9.07. The van der Waals surface area contributed by atoms with Gasteiger partial charge in [0.1, 0.15) is 12.4 Å². The standard InChI is InChI=1S/C9H11F3N2OS/c10-9(11,12)16-14-7-3-1-2-4-8(7)15-6-5-13/h1-4,14H,5-6,13H2. The summed E-state index contributed by atoms with van der Waals surface area (Å²) < 4.78 is 43.3. The maximum Gasteiger partial charge on any atom is 0.461 e. The fraction of sp³-hybridized carbons (Fsp3) is 0.333. The van der Waals surface area contributed by atoms with Gasteiger partial charge in [0.15, 0.2) is 0 Å². The third-order valence-electron chi connectivity index (χ3n) is 1.54. The third kappa shape index (κ3) is 4.63. The molecule has 0 spiro atoms. The molecule has 0 aliphatic rings. The Bertz CT molecular complexity index is 333. The van der Waals surface area contributed by atoms with E-state index >= 15 is 0 Å². The summed E-state index contributed by atoms with van der Waals surface area (Å²) in [4.78, 5) is 0. The van der Waals surface area contributed by atoms with Crippen LogP contribution in [0.3, 0.4) is 0 Å². The molecule has 0 radical (unpaired) electrons. The van der Waals surface area contributed by atoms with Crippen molar-refractivity contribution in [2.45, 2.75) is 5.51 Å². The van der Waals surface area contributed by atoms with Gasteiger partial charge in [-0.05, 0) is 12.1 Å². The van der Waals surface area contributed by atoms with Gasteiger partial charge in [0.2, 0.25) is 0 Å². The number of ether oxygens (including phenoxy) is 1. The van der Waals surface area contributed by atoms with Crippen molar-refractivity contribution in [1.29, 1.82) is 0 Å². The molecule has 90 valence electrons. The van der Waals surface area contributed by atoms with Gasteiger partial charge in [-0.1, -0.05) is 12.1 Å². The van der Waals surface area contributed by atoms with Crippen molar-refractivity contribution in [1.82, 2.24) is 0 Å². The van der Waals surface area contributed by atoms with Crippen LogP contribution in [-0.2, 0) is 0 Å². The first kappa shape index (κ1) is 13.0. The molecule has 0 aromatic heterocycles. The summed E-state index contributed by atoms with van der Waals surface area (Å²) in [6.45, 7) is 0.566. The van der Waals surface area contributed by atoms with Gasteiger partial charge in [0.05, 0.1) is 17.6 Å². The van der Waals surface area contributed by atoms with E-state index in [0.29, 0.717) is 12.3 Å². The minimum atomic E-state index is -4.33. The van der Waals surface area contributed by atoms with Gasteiger partial charge in [0, 0.05) is 6.54 Å². The molecule has 1 rings (SSSR count). The van der Waals surface area contributed by atoms with Crippen LogP contribution in [0, 0.1) is 0 Å². The lowest BCUT2D eigenvalue weighted by atomic mass is 10.3. The zero-order chi connectivity index (χ0) is 12.0. The van der Waals surface area contributed by atoms with E-state index in [9.17, 15) is 13.2 Å². The van der Waals surface area contributed by atoms with Gasteiger partial charge in [-0.25, -0.2) is 0 Å². The molecule has 0 amide bonds. The lowest BCUT2D eigenvalue weighted by Gasteiger charge is -2.12. The molecular formula is C9H11F3N2OS. The van der Waals surface area contributed by atoms with Crippen molar-refractivity contribution < 1.29 is 17.9 Å². The first-order valence-electron chi connectivity index (χ1n) is 4.45. The van der Waals surface area contributed by atoms with Crippen molar-refractivity contribution >= 4 is 17.6 Å². The Morgan fingerprint density at radius 3 is 2.62 bits per heavy atom. The number of halogens is 3. The molecule has 1 aromatic carbocycles. The normalized spacial score (nSPS) is 11.2. The van der Waals surface area contributed by atoms with Gasteiger partial charge in [-0.15, -0.1) is 0 Å². The number of para-hydroxylation sites is 2. The van der Waals surface area contributed by atoms with Crippen LogP contribution in [0.1, 0.15) is 0 Å². The van der Waals surface area contributed by atoms with Crippen molar-refractivity contribution in [3.05, 3.63) is 24.3 Å². The van der Waals surface area contributed by atoms with Crippen molar-refractivity contribution in [3.63, 3.8) is 0 Å². The number of nitrogens with one attached hydrogen (secondary N) is 1. The van der Waals surface area contributed by atoms with Crippen LogP contribution in [0.2, 0.25) is 0 Å². The fourth-order valence-electron chi connectivity index (χ4n) is 0.959. The number of hydrogen-bond acceptors (Lipinski definition) is 4. The van der Waals surface area contributed by atoms with Crippen LogP contribution in [0.4, 0.5) is 18.9 Å². The molecule has 0 heterocycles. The summed E-state index contributed by atoms with van der Waals surface area (Å²) >= 11 is -0.327. The Morgan fingerprint density at radius 2 is 2.00 bits per heavy atom. The highest BCUT2D eigenvalue weighted by Gasteiger charge is 2.29. The van der Waals surface area contributed by atoms with E-state index in [1.807, 2.05) is 0 Å². The molecule has 0 saturated heterocycles. The zero-order valence-electron chi connectivity index (χ0n) is 8.25. The quantitative estimate of drug-likeness (QED) is 0.791.